The molecule has 2 rings (SSSR count). The lowest BCUT2D eigenvalue weighted by Gasteiger charge is -2.25. The molecule has 1 atom stereocenters. The minimum absolute atomic E-state index is 0.205. The lowest BCUT2D eigenvalue weighted by molar-refractivity contribution is 0.330. The molecule has 1 aromatic heterocycles. The van der Waals surface area contributed by atoms with Gasteiger partial charge in [0.15, 0.2) is 0 Å². The first-order valence-corrected chi connectivity index (χ1v) is 8.09. The van der Waals surface area contributed by atoms with Gasteiger partial charge in [0, 0.05) is 6.54 Å². The van der Waals surface area contributed by atoms with Gasteiger partial charge in [0.1, 0.15) is 15.2 Å². The molecule has 2 N–H and O–H groups in total. The molecule has 0 spiro atoms. The van der Waals surface area contributed by atoms with Crippen LogP contribution in [0.1, 0.15) is 30.6 Å². The van der Waals surface area contributed by atoms with E-state index >= 15 is 0 Å². The van der Waals surface area contributed by atoms with Gasteiger partial charge in [0.2, 0.25) is 0 Å². The summed E-state index contributed by atoms with van der Waals surface area (Å²) in [5.41, 5.74) is 5.93. The van der Waals surface area contributed by atoms with Gasteiger partial charge in [-0.2, -0.15) is 9.57 Å². The molecule has 1 saturated heterocycles. The van der Waals surface area contributed by atoms with E-state index in [1.807, 2.05) is 6.07 Å². The van der Waals surface area contributed by atoms with E-state index in [0.29, 0.717) is 17.8 Å². The maximum atomic E-state index is 12.4. The van der Waals surface area contributed by atoms with Gasteiger partial charge in [0.25, 0.3) is 10.0 Å². The molecule has 0 aliphatic carbocycles. The summed E-state index contributed by atoms with van der Waals surface area (Å²) in [5.74, 6) is 0. The van der Waals surface area contributed by atoms with Crippen LogP contribution in [0, 0.1) is 11.3 Å². The molecule has 2 heterocycles. The van der Waals surface area contributed by atoms with Crippen LogP contribution in [0.3, 0.4) is 0 Å². The number of nitrogens with two attached hydrogens (primary N) is 1. The van der Waals surface area contributed by atoms with E-state index in [1.54, 1.807) is 0 Å². The second kappa shape index (κ2) is 5.36. The molecule has 0 saturated carbocycles. The van der Waals surface area contributed by atoms with Gasteiger partial charge in [0.05, 0.1) is 6.17 Å². The molecular formula is C11H15N3O2S2. The van der Waals surface area contributed by atoms with E-state index in [2.05, 4.69) is 0 Å². The summed E-state index contributed by atoms with van der Waals surface area (Å²) in [6.45, 7) is 0.462. The first-order valence-electron chi connectivity index (χ1n) is 5.83. The van der Waals surface area contributed by atoms with Crippen molar-refractivity contribution in [2.75, 3.05) is 6.54 Å². The second-order valence-electron chi connectivity index (χ2n) is 4.26. The summed E-state index contributed by atoms with van der Waals surface area (Å²) in [7, 11) is -3.55. The zero-order chi connectivity index (χ0) is 13.2. The Bertz CT molecular complexity index is 559. The molecule has 1 aliphatic rings. The fourth-order valence-corrected chi connectivity index (χ4v) is 4.86. The van der Waals surface area contributed by atoms with Gasteiger partial charge in [-0.1, -0.05) is 12.8 Å². The van der Waals surface area contributed by atoms with Gasteiger partial charge in [-0.15, -0.1) is 11.3 Å². The van der Waals surface area contributed by atoms with Crippen LogP contribution in [0.15, 0.2) is 16.3 Å². The van der Waals surface area contributed by atoms with Gasteiger partial charge in [-0.05, 0) is 25.0 Å². The fraction of sp³-hybridized carbons (Fsp3) is 0.545. The van der Waals surface area contributed by atoms with Crippen molar-refractivity contribution in [2.45, 2.75) is 36.1 Å². The quantitative estimate of drug-likeness (QED) is 0.891. The SMILES string of the molecule is N#Cc1ccc(S(=O)(=O)N2CCCCCC2N)s1. The molecule has 5 nitrogen and oxygen atoms in total. The third-order valence-corrected chi connectivity index (χ3v) is 6.38. The maximum Gasteiger partial charge on any atom is 0.253 e. The van der Waals surface area contributed by atoms with Crippen molar-refractivity contribution >= 4 is 21.4 Å². The molecule has 0 amide bonds. The monoisotopic (exact) mass is 285 g/mol. The summed E-state index contributed by atoms with van der Waals surface area (Å²) >= 11 is 0.996. The predicted octanol–water partition coefficient (Wildman–Crippen LogP) is 1.47. The van der Waals surface area contributed by atoms with Crippen molar-refractivity contribution in [3.63, 3.8) is 0 Å². The number of thiophene rings is 1. The van der Waals surface area contributed by atoms with Crippen molar-refractivity contribution in [1.82, 2.24) is 4.31 Å². The fourth-order valence-electron chi connectivity index (χ4n) is 2.04. The van der Waals surface area contributed by atoms with Crippen LogP contribution >= 0.6 is 11.3 Å². The smallest absolute Gasteiger partial charge is 0.253 e. The third-order valence-electron chi connectivity index (χ3n) is 3.00. The van der Waals surface area contributed by atoms with Gasteiger partial charge in [-0.25, -0.2) is 8.42 Å². The van der Waals surface area contributed by atoms with E-state index in [9.17, 15) is 8.42 Å². The molecular weight excluding hydrogens is 270 g/mol. The number of hydrogen-bond acceptors (Lipinski definition) is 5. The van der Waals surface area contributed by atoms with Crippen molar-refractivity contribution in [2.24, 2.45) is 5.73 Å². The zero-order valence-electron chi connectivity index (χ0n) is 9.87. The molecule has 0 bridgehead atoms. The van der Waals surface area contributed by atoms with Crippen LogP contribution in [0.25, 0.3) is 0 Å². The number of nitriles is 1. The maximum absolute atomic E-state index is 12.4. The van der Waals surface area contributed by atoms with Crippen LogP contribution < -0.4 is 5.73 Å². The molecule has 18 heavy (non-hydrogen) atoms. The van der Waals surface area contributed by atoms with Crippen molar-refractivity contribution in [1.29, 1.82) is 5.26 Å². The highest BCUT2D eigenvalue weighted by Crippen LogP contribution is 2.27. The van der Waals surface area contributed by atoms with Crippen LogP contribution in [0.4, 0.5) is 0 Å². The third kappa shape index (κ3) is 2.57. The Hall–Kier alpha value is -0.940. The Morgan fingerprint density at radius 2 is 2.17 bits per heavy atom. The standard InChI is InChI=1S/C11H15N3O2S2/c12-8-9-5-6-11(17-9)18(15,16)14-7-3-1-2-4-10(14)13/h5-6,10H,1-4,7,13H2. The Morgan fingerprint density at radius 3 is 2.83 bits per heavy atom. The Balaban J connectivity index is 2.32. The molecule has 1 unspecified atom stereocenters. The van der Waals surface area contributed by atoms with Gasteiger partial charge < -0.3 is 5.73 Å². The van der Waals surface area contributed by atoms with Crippen molar-refractivity contribution in [3.8, 4) is 6.07 Å². The van der Waals surface area contributed by atoms with Gasteiger partial charge in [-0.3, -0.25) is 0 Å². The predicted molar refractivity (Wildman–Crippen MR) is 69.4 cm³/mol. The van der Waals surface area contributed by atoms with E-state index in [-0.39, 0.29) is 4.21 Å². The highest BCUT2D eigenvalue weighted by atomic mass is 32.2. The van der Waals surface area contributed by atoms with Crippen LogP contribution in [-0.4, -0.2) is 25.4 Å². The average molecular weight is 285 g/mol. The molecule has 1 aliphatic heterocycles. The summed E-state index contributed by atoms with van der Waals surface area (Å²) < 4.78 is 26.4. The van der Waals surface area contributed by atoms with Crippen molar-refractivity contribution < 1.29 is 8.42 Å². The Kier molecular flexibility index (Phi) is 4.02. The lowest BCUT2D eigenvalue weighted by atomic mass is 10.2. The molecule has 7 heteroatoms. The first kappa shape index (κ1) is 13.5. The highest BCUT2D eigenvalue weighted by molar-refractivity contribution is 7.91. The summed E-state index contributed by atoms with van der Waals surface area (Å²) in [6.07, 6.45) is 3.04. The van der Waals surface area contributed by atoms with Crippen molar-refractivity contribution in [3.05, 3.63) is 17.0 Å². The number of nitrogens with zero attached hydrogens (tertiary/aromatic N) is 2. The second-order valence-corrected chi connectivity index (χ2v) is 7.46. The summed E-state index contributed by atoms with van der Waals surface area (Å²) in [6, 6.07) is 4.96. The number of hydrogen-bond donors (Lipinski definition) is 1. The first-order chi connectivity index (χ1) is 8.55. The lowest BCUT2D eigenvalue weighted by Crippen LogP contribution is -2.44. The number of sulfonamides is 1. The molecule has 1 aromatic rings. The molecule has 0 aromatic carbocycles. The largest absolute Gasteiger partial charge is 0.315 e. The Labute approximate surface area is 111 Å². The van der Waals surface area contributed by atoms with Crippen LogP contribution in [-0.2, 0) is 10.0 Å². The topological polar surface area (TPSA) is 87.2 Å². The van der Waals surface area contributed by atoms with E-state index in [4.69, 9.17) is 11.0 Å². The number of rotatable bonds is 2. The summed E-state index contributed by atoms with van der Waals surface area (Å²) in [4.78, 5) is 0.400. The van der Waals surface area contributed by atoms with E-state index < -0.39 is 16.2 Å². The Morgan fingerprint density at radius 1 is 1.39 bits per heavy atom. The molecule has 98 valence electrons. The minimum atomic E-state index is -3.55. The summed E-state index contributed by atoms with van der Waals surface area (Å²) in [5, 5.41) is 8.75. The normalized spacial score (nSPS) is 22.3. The molecule has 0 radical (unpaired) electrons. The highest BCUT2D eigenvalue weighted by Gasteiger charge is 2.31. The van der Waals surface area contributed by atoms with Crippen LogP contribution in [0.5, 0.6) is 0 Å². The molecule has 1 fully saturated rings. The zero-order valence-corrected chi connectivity index (χ0v) is 11.5. The van der Waals surface area contributed by atoms with Crippen LogP contribution in [0.2, 0.25) is 0 Å². The van der Waals surface area contributed by atoms with E-state index in [0.717, 1.165) is 30.6 Å². The average Bonchev–Trinajstić information content (AvgIpc) is 2.72. The van der Waals surface area contributed by atoms with E-state index in [1.165, 1.54) is 16.4 Å². The minimum Gasteiger partial charge on any atom is -0.315 e. The van der Waals surface area contributed by atoms with Gasteiger partial charge >= 0.3 is 0 Å².